The molecule has 4 nitrogen and oxygen atoms in total. The van der Waals surface area contributed by atoms with Gasteiger partial charge < -0.3 is 18.4 Å². The summed E-state index contributed by atoms with van der Waals surface area (Å²) < 4.78 is 16.1. The smallest absolute Gasteiger partial charge is 0.131 e. The van der Waals surface area contributed by atoms with Gasteiger partial charge in [0.15, 0.2) is 0 Å². The summed E-state index contributed by atoms with van der Waals surface area (Å²) in [5.74, 6) is 1.27. The molecule has 0 aromatic heterocycles. The minimum Gasteiger partial charge on any atom is -0.490 e. The predicted molar refractivity (Wildman–Crippen MR) is 415 cm³/mol. The number of nitrogens with zero attached hydrogens (tertiary/aromatic N) is 2. The zero-order valence-electron chi connectivity index (χ0n) is 65.2. The van der Waals surface area contributed by atoms with E-state index in [9.17, 15) is 0 Å². The Bertz CT molecular complexity index is 1470. The molecule has 0 fully saturated rings. The van der Waals surface area contributed by atoms with Crippen LogP contribution in [0.3, 0.4) is 0 Å². The number of rotatable bonds is 78. The fraction of sp³-hybridized carbons (Fsp3) is 0.932. The Labute approximate surface area is 582 Å². The molecule has 92 heavy (non-hydrogen) atoms. The Kier molecular flexibility index (Phi) is 67.4. The van der Waals surface area contributed by atoms with E-state index in [0.29, 0.717) is 13.2 Å². The van der Waals surface area contributed by atoms with Gasteiger partial charge in [-0.05, 0) is 108 Å². The van der Waals surface area contributed by atoms with E-state index in [1.807, 2.05) is 0 Å². The van der Waals surface area contributed by atoms with E-state index < -0.39 is 0 Å². The summed E-state index contributed by atoms with van der Waals surface area (Å²) in [5.41, 5.74) is 4.74. The van der Waals surface area contributed by atoms with Gasteiger partial charge >= 0.3 is 0 Å². The van der Waals surface area contributed by atoms with Crippen LogP contribution in [0.15, 0.2) is 12.1 Å². The van der Waals surface area contributed by atoms with Crippen LogP contribution in [0.4, 0.5) is 0 Å². The number of ether oxygens (including phenoxy) is 2. The number of hydrogen-bond acceptors (Lipinski definition) is 2. The van der Waals surface area contributed by atoms with Crippen LogP contribution in [0.1, 0.15) is 470 Å². The molecule has 1 aromatic carbocycles. The van der Waals surface area contributed by atoms with Gasteiger partial charge in [0.1, 0.15) is 25.4 Å². The summed E-state index contributed by atoms with van der Waals surface area (Å²) in [5, 5.41) is 0. The maximum absolute atomic E-state index is 7.29. The van der Waals surface area contributed by atoms with Gasteiger partial charge in [0, 0.05) is 17.7 Å². The maximum atomic E-state index is 7.29. The molecule has 0 heterocycles. The molecule has 0 atom stereocenters. The molecule has 1 aromatic rings. The second-order valence-electron chi connectivity index (χ2n) is 30.9. The van der Waals surface area contributed by atoms with Crippen molar-refractivity contribution < 1.29 is 18.4 Å². The van der Waals surface area contributed by atoms with Crippen LogP contribution in [0.25, 0.3) is 0 Å². The largest absolute Gasteiger partial charge is 0.490 e. The molecule has 1 rings (SSSR count). The molecule has 0 radical (unpaired) electrons. The summed E-state index contributed by atoms with van der Waals surface area (Å²) >= 11 is 0. The van der Waals surface area contributed by atoms with Crippen LogP contribution in [-0.2, 0) is 24.2 Å². The Hall–Kier alpha value is -1.10. The summed E-state index contributed by atoms with van der Waals surface area (Å²) in [6.07, 6.45) is 88.5. The van der Waals surface area contributed by atoms with Crippen molar-refractivity contribution in [3.63, 3.8) is 0 Å². The molecule has 0 N–H and O–H groups in total. The van der Waals surface area contributed by atoms with E-state index in [1.165, 1.54) is 451 Å². The lowest BCUT2D eigenvalue weighted by Crippen LogP contribution is -2.50. The quantitative estimate of drug-likeness (QED) is 0.0478. The normalized spacial score (nSPS) is 12.1. The average molecular weight is 1290 g/mol. The van der Waals surface area contributed by atoms with Gasteiger partial charge in [-0.25, -0.2) is 0 Å². The maximum Gasteiger partial charge on any atom is 0.131 e. The first-order valence-electron chi connectivity index (χ1n) is 43.5. The first-order chi connectivity index (χ1) is 45.4. The molecule has 0 spiro atoms. The van der Waals surface area contributed by atoms with Gasteiger partial charge in [0.05, 0.1) is 45.9 Å². The summed E-state index contributed by atoms with van der Waals surface area (Å²) in [6.45, 7) is 31.5. The highest BCUT2D eigenvalue weighted by Gasteiger charge is 2.32. The van der Waals surface area contributed by atoms with E-state index in [4.69, 9.17) is 9.47 Å². The lowest BCUT2D eigenvalue weighted by molar-refractivity contribution is -0.942. The highest BCUT2D eigenvalue weighted by molar-refractivity contribution is 5.45. The van der Waals surface area contributed by atoms with Crippen molar-refractivity contribution in [1.29, 1.82) is 0 Å². The third kappa shape index (κ3) is 53.9. The summed E-state index contributed by atoms with van der Waals surface area (Å²) in [6, 6.07) is 5.56. The van der Waals surface area contributed by atoms with Crippen LogP contribution in [-0.4, -0.2) is 68.1 Å². The molecule has 546 valence electrons. The number of aryl methyl sites for hydroxylation is 1. The zero-order chi connectivity index (χ0) is 66.5. The van der Waals surface area contributed by atoms with E-state index in [0.717, 1.165) is 32.4 Å². The lowest BCUT2D eigenvalue weighted by atomic mass is 9.96. The third-order valence-electron chi connectivity index (χ3n) is 21.6. The minimum atomic E-state index is 0.661. The van der Waals surface area contributed by atoms with Crippen molar-refractivity contribution in [3.8, 4) is 5.75 Å². The molecule has 0 saturated carbocycles. The first-order valence-corrected chi connectivity index (χ1v) is 43.5. The standard InChI is InChI=1S/C88H174N2O2/c1-9-17-23-29-35-41-47-53-59-65-72-89(73-66-60-54-48-42-36-30-24-18-10-2,74-67-61-55-49-43-37-31-25-19-11-3)83-85-81-86(71-15-7)88(92-80-79-91-78-16-8)87(82-85)84-90(75-68-62-56-50-44-38-32-26-20-12-4,76-69-63-57-51-45-39-33-27-21-13-5)77-70-64-58-52-46-40-34-28-22-14-6/h81-82H,9-80,83-84H2,1-8H3/q+2. The van der Waals surface area contributed by atoms with E-state index in [1.54, 1.807) is 11.1 Å². The zero-order valence-corrected chi connectivity index (χ0v) is 65.2. The Morgan fingerprint density at radius 3 is 0.685 bits per heavy atom. The van der Waals surface area contributed by atoms with Gasteiger partial charge in [-0.3, -0.25) is 0 Å². The van der Waals surface area contributed by atoms with Crippen LogP contribution in [0, 0.1) is 0 Å². The van der Waals surface area contributed by atoms with Crippen LogP contribution < -0.4 is 4.74 Å². The predicted octanol–water partition coefficient (Wildman–Crippen LogP) is 29.6. The van der Waals surface area contributed by atoms with Crippen LogP contribution in [0.5, 0.6) is 5.75 Å². The molecule has 4 heteroatoms. The number of benzene rings is 1. The van der Waals surface area contributed by atoms with Crippen LogP contribution in [0.2, 0.25) is 0 Å². The fourth-order valence-corrected chi connectivity index (χ4v) is 15.6. The fourth-order valence-electron chi connectivity index (χ4n) is 15.6. The monoisotopic (exact) mass is 1290 g/mol. The molecule has 0 aliphatic heterocycles. The Morgan fingerprint density at radius 2 is 0.446 bits per heavy atom. The highest BCUT2D eigenvalue weighted by atomic mass is 16.5. The van der Waals surface area contributed by atoms with E-state index in [-0.39, 0.29) is 0 Å². The lowest BCUT2D eigenvalue weighted by Gasteiger charge is -2.41. The highest BCUT2D eigenvalue weighted by Crippen LogP contribution is 2.35. The molecule has 0 aliphatic carbocycles. The average Bonchev–Trinajstić information content (AvgIpc) is 0.872. The molecule has 0 bridgehead atoms. The first kappa shape index (κ1) is 88.9. The number of quaternary nitrogens is 2. The topological polar surface area (TPSA) is 18.5 Å². The van der Waals surface area contributed by atoms with Crippen molar-refractivity contribution in [2.75, 3.05) is 59.1 Å². The van der Waals surface area contributed by atoms with Gasteiger partial charge in [-0.15, -0.1) is 0 Å². The SMILES string of the molecule is CCCCCCCCCCCC[N+](CCCCCCCCCCCC)(CCCCCCCCCCCC)Cc1cc(CCC)c(OCCOCCC)c(C[N+](CCCCCCCCCCCC)(CCCCCCCCCCCC)CCCCCCCCCCCC)c1. The Balaban J connectivity index is 3.99. The van der Waals surface area contributed by atoms with Crippen molar-refractivity contribution in [3.05, 3.63) is 28.8 Å². The summed E-state index contributed by atoms with van der Waals surface area (Å²) in [7, 11) is 0. The van der Waals surface area contributed by atoms with E-state index in [2.05, 4.69) is 67.5 Å². The Morgan fingerprint density at radius 1 is 0.217 bits per heavy atom. The molecule has 0 unspecified atom stereocenters. The molecular weight excluding hydrogens is 1120 g/mol. The summed E-state index contributed by atoms with van der Waals surface area (Å²) in [4.78, 5) is 0. The van der Waals surface area contributed by atoms with Gasteiger partial charge in [-0.2, -0.15) is 0 Å². The number of unbranched alkanes of at least 4 members (excludes halogenated alkanes) is 54. The minimum absolute atomic E-state index is 0.661. The van der Waals surface area contributed by atoms with E-state index >= 15 is 0 Å². The molecule has 0 aliphatic rings. The third-order valence-corrected chi connectivity index (χ3v) is 21.6. The second-order valence-corrected chi connectivity index (χ2v) is 30.9. The number of hydrogen-bond donors (Lipinski definition) is 0. The van der Waals surface area contributed by atoms with Crippen molar-refractivity contribution in [1.82, 2.24) is 0 Å². The van der Waals surface area contributed by atoms with Gasteiger partial charge in [0.2, 0.25) is 0 Å². The van der Waals surface area contributed by atoms with Crippen molar-refractivity contribution in [2.45, 2.75) is 473 Å². The second kappa shape index (κ2) is 69.8. The molecule has 0 saturated heterocycles. The molecule has 0 amide bonds. The van der Waals surface area contributed by atoms with Crippen LogP contribution >= 0.6 is 0 Å². The van der Waals surface area contributed by atoms with Gasteiger partial charge in [0.25, 0.3) is 0 Å². The van der Waals surface area contributed by atoms with Crippen molar-refractivity contribution >= 4 is 0 Å². The molecular formula is C88H174N2O2+2. The van der Waals surface area contributed by atoms with Gasteiger partial charge in [-0.1, -0.05) is 370 Å². The van der Waals surface area contributed by atoms with Crippen molar-refractivity contribution in [2.24, 2.45) is 0 Å².